The summed E-state index contributed by atoms with van der Waals surface area (Å²) in [5.74, 6) is -0.484. The number of alkyl halides is 3. The molecule has 0 bridgehead atoms. The van der Waals surface area contributed by atoms with Gasteiger partial charge in [-0.2, -0.15) is 0 Å². The highest BCUT2D eigenvalue weighted by Crippen LogP contribution is 2.30. The molecule has 1 heterocycles. The predicted octanol–water partition coefficient (Wildman–Crippen LogP) is 3.62. The summed E-state index contributed by atoms with van der Waals surface area (Å²) >= 11 is 0. The quantitative estimate of drug-likeness (QED) is 0.706. The lowest BCUT2D eigenvalue weighted by atomic mass is 10.2. The molecule has 0 fully saturated rings. The average Bonchev–Trinajstić information content (AvgIpc) is 2.61. The normalized spacial score (nSPS) is 12.9. The van der Waals surface area contributed by atoms with Gasteiger partial charge in [-0.1, -0.05) is 6.07 Å². The average molecular weight is 380 g/mol. The number of urea groups is 1. The fourth-order valence-electron chi connectivity index (χ4n) is 2.56. The number of fused-ring (bicyclic) bond motifs is 1. The maximum absolute atomic E-state index is 12.4. The molecule has 0 radical (unpaired) electrons. The molecule has 0 saturated heterocycles. The second kappa shape index (κ2) is 7.44. The third kappa shape index (κ3) is 4.60. The van der Waals surface area contributed by atoms with E-state index in [4.69, 9.17) is 0 Å². The Labute approximate surface area is 152 Å². The molecule has 1 aliphatic heterocycles. The molecule has 10 heteroatoms. The Morgan fingerprint density at radius 3 is 2.56 bits per heavy atom. The van der Waals surface area contributed by atoms with E-state index in [1.165, 1.54) is 12.1 Å². The predicted molar refractivity (Wildman–Crippen MR) is 94.1 cm³/mol. The molecule has 0 spiro atoms. The number of anilines is 4. The lowest BCUT2D eigenvalue weighted by Crippen LogP contribution is -2.34. The van der Waals surface area contributed by atoms with Crippen LogP contribution >= 0.6 is 0 Å². The SMILES string of the molecule is O=CN(C(=O)Nc1cccc(OC(F)(F)F)c1)c1ccc2c(c1)NCCN2. The number of halogens is 3. The maximum Gasteiger partial charge on any atom is 0.573 e. The summed E-state index contributed by atoms with van der Waals surface area (Å²) in [5, 5.41) is 8.67. The van der Waals surface area contributed by atoms with Crippen LogP contribution in [-0.4, -0.2) is 31.9 Å². The summed E-state index contributed by atoms with van der Waals surface area (Å²) in [6, 6.07) is 8.87. The van der Waals surface area contributed by atoms with Crippen molar-refractivity contribution in [3.63, 3.8) is 0 Å². The summed E-state index contributed by atoms with van der Waals surface area (Å²) in [7, 11) is 0. The number of hydrogen-bond donors (Lipinski definition) is 3. The summed E-state index contributed by atoms with van der Waals surface area (Å²) < 4.78 is 40.7. The van der Waals surface area contributed by atoms with E-state index < -0.39 is 18.1 Å². The monoisotopic (exact) mass is 380 g/mol. The molecule has 0 aromatic heterocycles. The zero-order valence-electron chi connectivity index (χ0n) is 13.8. The molecular weight excluding hydrogens is 365 g/mol. The summed E-state index contributed by atoms with van der Waals surface area (Å²) in [4.78, 5) is 24.6. The summed E-state index contributed by atoms with van der Waals surface area (Å²) in [6.07, 6.45) is -4.52. The number of hydrogen-bond acceptors (Lipinski definition) is 5. The Balaban J connectivity index is 1.76. The minimum atomic E-state index is -4.85. The van der Waals surface area contributed by atoms with Crippen molar-refractivity contribution in [2.24, 2.45) is 0 Å². The third-order valence-electron chi connectivity index (χ3n) is 3.68. The van der Waals surface area contributed by atoms with E-state index in [1.54, 1.807) is 18.2 Å². The smallest absolute Gasteiger partial charge is 0.406 e. The number of ether oxygens (including phenoxy) is 1. The lowest BCUT2D eigenvalue weighted by molar-refractivity contribution is -0.274. The molecule has 3 rings (SSSR count). The molecular formula is C17H15F3N4O3. The molecule has 27 heavy (non-hydrogen) atoms. The molecule has 2 aromatic carbocycles. The Bertz CT molecular complexity index is 858. The maximum atomic E-state index is 12.4. The van der Waals surface area contributed by atoms with Gasteiger partial charge in [-0.15, -0.1) is 13.2 Å². The van der Waals surface area contributed by atoms with Gasteiger partial charge in [0.2, 0.25) is 6.41 Å². The van der Waals surface area contributed by atoms with Crippen LogP contribution in [0.5, 0.6) is 5.75 Å². The van der Waals surface area contributed by atoms with E-state index in [2.05, 4.69) is 20.7 Å². The molecule has 2 aromatic rings. The number of carbonyl (C=O) groups excluding carboxylic acids is 2. The molecule has 0 saturated carbocycles. The van der Waals surface area contributed by atoms with Gasteiger partial charge in [0, 0.05) is 24.8 Å². The van der Waals surface area contributed by atoms with Crippen LogP contribution in [0.15, 0.2) is 42.5 Å². The highest BCUT2D eigenvalue weighted by molar-refractivity contribution is 6.12. The van der Waals surface area contributed by atoms with Gasteiger partial charge in [-0.3, -0.25) is 4.79 Å². The first-order chi connectivity index (χ1) is 12.9. The van der Waals surface area contributed by atoms with Crippen molar-refractivity contribution in [3.8, 4) is 5.75 Å². The molecule has 0 atom stereocenters. The Kier molecular flexibility index (Phi) is 5.06. The van der Waals surface area contributed by atoms with Crippen LogP contribution in [0.2, 0.25) is 0 Å². The van der Waals surface area contributed by atoms with Crippen molar-refractivity contribution < 1.29 is 27.5 Å². The zero-order chi connectivity index (χ0) is 19.4. The van der Waals surface area contributed by atoms with E-state index in [9.17, 15) is 22.8 Å². The van der Waals surface area contributed by atoms with E-state index in [0.29, 0.717) is 18.6 Å². The number of imide groups is 1. The second-order valence-electron chi connectivity index (χ2n) is 5.56. The van der Waals surface area contributed by atoms with E-state index in [1.807, 2.05) is 0 Å². The Morgan fingerprint density at radius 1 is 1.11 bits per heavy atom. The molecule has 1 aliphatic rings. The lowest BCUT2D eigenvalue weighted by Gasteiger charge is -2.23. The van der Waals surface area contributed by atoms with Crippen LogP contribution in [0.25, 0.3) is 0 Å². The van der Waals surface area contributed by atoms with E-state index in [0.717, 1.165) is 35.0 Å². The molecule has 142 valence electrons. The highest BCUT2D eigenvalue weighted by Gasteiger charge is 2.31. The number of nitrogens with one attached hydrogen (secondary N) is 3. The van der Waals surface area contributed by atoms with Crippen molar-refractivity contribution in [2.45, 2.75) is 6.36 Å². The van der Waals surface area contributed by atoms with Gasteiger partial charge in [-0.05, 0) is 30.3 Å². The molecule has 0 aliphatic carbocycles. The minimum absolute atomic E-state index is 0.0475. The Hall–Kier alpha value is -3.43. The molecule has 0 unspecified atom stereocenters. The molecule has 7 nitrogen and oxygen atoms in total. The van der Waals surface area contributed by atoms with Crippen LogP contribution in [0, 0.1) is 0 Å². The van der Waals surface area contributed by atoms with Crippen LogP contribution in [-0.2, 0) is 4.79 Å². The standard InChI is InChI=1S/C17H15F3N4O3/c18-17(19,20)27-13-3-1-2-11(8-13)23-16(26)24(10-25)12-4-5-14-15(9-12)22-7-6-21-14/h1-5,8-10,21-22H,6-7H2,(H,23,26). The number of nitrogens with zero attached hydrogens (tertiary/aromatic N) is 1. The van der Waals surface area contributed by atoms with Gasteiger partial charge in [0.25, 0.3) is 0 Å². The summed E-state index contributed by atoms with van der Waals surface area (Å²) in [6.45, 7) is 1.44. The van der Waals surface area contributed by atoms with Gasteiger partial charge >= 0.3 is 12.4 Å². The van der Waals surface area contributed by atoms with E-state index >= 15 is 0 Å². The fraction of sp³-hybridized carbons (Fsp3) is 0.176. The van der Waals surface area contributed by atoms with Crippen molar-refractivity contribution in [3.05, 3.63) is 42.5 Å². The van der Waals surface area contributed by atoms with Crippen LogP contribution < -0.4 is 25.6 Å². The number of benzene rings is 2. The topological polar surface area (TPSA) is 82.7 Å². The first kappa shape index (κ1) is 18.4. The van der Waals surface area contributed by atoms with Crippen molar-refractivity contribution in [1.29, 1.82) is 0 Å². The second-order valence-corrected chi connectivity index (χ2v) is 5.56. The highest BCUT2D eigenvalue weighted by atomic mass is 19.4. The third-order valence-corrected chi connectivity index (χ3v) is 3.68. The van der Waals surface area contributed by atoms with Gasteiger partial charge in [0.15, 0.2) is 0 Å². The Morgan fingerprint density at radius 2 is 1.85 bits per heavy atom. The van der Waals surface area contributed by atoms with Gasteiger partial charge < -0.3 is 20.7 Å². The molecule has 3 amide bonds. The summed E-state index contributed by atoms with van der Waals surface area (Å²) in [5.41, 5.74) is 1.93. The van der Waals surface area contributed by atoms with Gasteiger partial charge in [0.1, 0.15) is 5.75 Å². The number of rotatable bonds is 4. The minimum Gasteiger partial charge on any atom is -0.406 e. The number of carbonyl (C=O) groups is 2. The van der Waals surface area contributed by atoms with Crippen LogP contribution in [0.4, 0.5) is 40.7 Å². The first-order valence-corrected chi connectivity index (χ1v) is 7.89. The van der Waals surface area contributed by atoms with Gasteiger partial charge in [-0.25, -0.2) is 9.69 Å². The van der Waals surface area contributed by atoms with Crippen LogP contribution in [0.3, 0.4) is 0 Å². The van der Waals surface area contributed by atoms with Crippen molar-refractivity contribution >= 4 is 35.2 Å². The van der Waals surface area contributed by atoms with E-state index in [-0.39, 0.29) is 5.69 Å². The first-order valence-electron chi connectivity index (χ1n) is 7.89. The zero-order valence-corrected chi connectivity index (χ0v) is 13.8. The van der Waals surface area contributed by atoms with Crippen LogP contribution in [0.1, 0.15) is 0 Å². The fourth-order valence-corrected chi connectivity index (χ4v) is 2.56. The number of amides is 3. The van der Waals surface area contributed by atoms with Crippen molar-refractivity contribution in [1.82, 2.24) is 0 Å². The molecule has 3 N–H and O–H groups in total. The van der Waals surface area contributed by atoms with Crippen molar-refractivity contribution in [2.75, 3.05) is 33.9 Å². The largest absolute Gasteiger partial charge is 0.573 e. The van der Waals surface area contributed by atoms with Gasteiger partial charge in [0.05, 0.1) is 17.1 Å².